The van der Waals surface area contributed by atoms with E-state index in [2.05, 4.69) is 10.6 Å². The molecule has 0 bridgehead atoms. The maximum absolute atomic E-state index is 13.1. The van der Waals surface area contributed by atoms with Crippen molar-refractivity contribution in [3.8, 4) is 0 Å². The van der Waals surface area contributed by atoms with Crippen LogP contribution >= 0.6 is 0 Å². The molecule has 0 aromatic heterocycles. The largest absolute Gasteiger partial charge is 0.468 e. The normalized spacial score (nSPS) is 14.7. The van der Waals surface area contributed by atoms with Crippen LogP contribution in [-0.4, -0.2) is 43.0 Å². The van der Waals surface area contributed by atoms with Crippen LogP contribution in [0.5, 0.6) is 0 Å². The molecule has 0 spiro atoms. The van der Waals surface area contributed by atoms with Crippen molar-refractivity contribution < 1.29 is 19.1 Å². The lowest BCUT2D eigenvalue weighted by molar-refractivity contribution is -0.149. The molecule has 3 aromatic carbocycles. The van der Waals surface area contributed by atoms with Gasteiger partial charge < -0.3 is 20.3 Å². The molecule has 3 amide bonds. The van der Waals surface area contributed by atoms with Crippen molar-refractivity contribution in [3.63, 3.8) is 0 Å². The zero-order valence-corrected chi connectivity index (χ0v) is 19.0. The zero-order chi connectivity index (χ0) is 24.0. The summed E-state index contributed by atoms with van der Waals surface area (Å²) in [4.78, 5) is 39.7. The Kier molecular flexibility index (Phi) is 6.92. The third-order valence-corrected chi connectivity index (χ3v) is 6.23. The molecular formula is C27H27N3O4. The molecule has 0 aliphatic carbocycles. The van der Waals surface area contributed by atoms with E-state index in [0.29, 0.717) is 42.9 Å². The molecule has 4 rings (SSSR count). The van der Waals surface area contributed by atoms with Gasteiger partial charge in [0.25, 0.3) is 5.91 Å². The Morgan fingerprint density at radius 1 is 0.765 bits per heavy atom. The molecule has 1 aliphatic rings. The van der Waals surface area contributed by atoms with Crippen LogP contribution in [0.2, 0.25) is 0 Å². The van der Waals surface area contributed by atoms with Gasteiger partial charge in [-0.1, -0.05) is 48.5 Å². The third kappa shape index (κ3) is 4.93. The quantitative estimate of drug-likeness (QED) is 0.545. The van der Waals surface area contributed by atoms with E-state index in [9.17, 15) is 14.4 Å². The van der Waals surface area contributed by atoms with Crippen molar-refractivity contribution in [2.45, 2.75) is 18.3 Å². The number of para-hydroxylation sites is 1. The Morgan fingerprint density at radius 3 is 1.85 bits per heavy atom. The van der Waals surface area contributed by atoms with E-state index in [1.165, 1.54) is 7.11 Å². The van der Waals surface area contributed by atoms with E-state index >= 15 is 0 Å². The molecule has 0 unspecified atom stereocenters. The number of methoxy groups -OCH3 is 1. The second-order valence-electron chi connectivity index (χ2n) is 8.25. The van der Waals surface area contributed by atoms with E-state index in [4.69, 9.17) is 4.74 Å². The van der Waals surface area contributed by atoms with E-state index in [-0.39, 0.29) is 17.9 Å². The van der Waals surface area contributed by atoms with Gasteiger partial charge in [-0.3, -0.25) is 9.59 Å². The second kappa shape index (κ2) is 10.2. The van der Waals surface area contributed by atoms with Gasteiger partial charge in [0.2, 0.25) is 0 Å². The first-order chi connectivity index (χ1) is 16.5. The molecule has 34 heavy (non-hydrogen) atoms. The van der Waals surface area contributed by atoms with Crippen LogP contribution in [0.4, 0.5) is 16.2 Å². The van der Waals surface area contributed by atoms with Gasteiger partial charge in [0.05, 0.1) is 12.5 Å². The number of hydrogen-bond acceptors (Lipinski definition) is 4. The zero-order valence-electron chi connectivity index (χ0n) is 19.0. The number of nitrogens with zero attached hydrogens (tertiary/aromatic N) is 1. The molecule has 7 heteroatoms. The summed E-state index contributed by atoms with van der Waals surface area (Å²) in [6.07, 6.45) is 0.990. The van der Waals surface area contributed by atoms with Crippen molar-refractivity contribution in [3.05, 3.63) is 96.1 Å². The molecular weight excluding hydrogens is 430 g/mol. The molecule has 1 fully saturated rings. The van der Waals surface area contributed by atoms with Gasteiger partial charge in [-0.25, -0.2) is 4.79 Å². The maximum atomic E-state index is 13.1. The lowest BCUT2D eigenvalue weighted by Gasteiger charge is -2.40. The van der Waals surface area contributed by atoms with Crippen molar-refractivity contribution in [2.75, 3.05) is 30.8 Å². The first kappa shape index (κ1) is 23.0. The van der Waals surface area contributed by atoms with E-state index < -0.39 is 5.41 Å². The van der Waals surface area contributed by atoms with Crippen LogP contribution in [0.25, 0.3) is 0 Å². The van der Waals surface area contributed by atoms with Gasteiger partial charge in [0.1, 0.15) is 0 Å². The molecule has 1 heterocycles. The highest BCUT2D eigenvalue weighted by molar-refractivity contribution is 6.00. The number of likely N-dealkylation sites (tertiary alicyclic amines) is 1. The number of amides is 3. The highest BCUT2D eigenvalue weighted by atomic mass is 16.5. The number of carbonyl (C=O) groups excluding carboxylic acids is 3. The summed E-state index contributed by atoms with van der Waals surface area (Å²) in [5.41, 5.74) is 1.97. The van der Waals surface area contributed by atoms with Crippen LogP contribution in [0, 0.1) is 0 Å². The molecule has 1 saturated heterocycles. The summed E-state index contributed by atoms with van der Waals surface area (Å²) >= 11 is 0. The average Bonchev–Trinajstić information content (AvgIpc) is 2.89. The fourth-order valence-corrected chi connectivity index (χ4v) is 4.35. The van der Waals surface area contributed by atoms with Crippen LogP contribution < -0.4 is 10.6 Å². The molecule has 0 saturated carbocycles. The molecule has 7 nitrogen and oxygen atoms in total. The van der Waals surface area contributed by atoms with Gasteiger partial charge in [0, 0.05) is 30.0 Å². The monoisotopic (exact) mass is 457 g/mol. The minimum atomic E-state index is -0.743. The molecule has 2 N–H and O–H groups in total. The van der Waals surface area contributed by atoms with Gasteiger partial charge in [0.15, 0.2) is 0 Å². The summed E-state index contributed by atoms with van der Waals surface area (Å²) in [7, 11) is 1.40. The number of benzene rings is 3. The Labute approximate surface area is 198 Å². The van der Waals surface area contributed by atoms with Gasteiger partial charge in [-0.2, -0.15) is 0 Å². The Hall–Kier alpha value is -4.13. The topological polar surface area (TPSA) is 87.7 Å². The minimum Gasteiger partial charge on any atom is -0.468 e. The van der Waals surface area contributed by atoms with Gasteiger partial charge >= 0.3 is 12.0 Å². The SMILES string of the molecule is COC(=O)C1(c2ccccc2)CCN(C(=O)c2ccc(NC(=O)Nc3ccccc3)cc2)CC1. The minimum absolute atomic E-state index is 0.105. The number of ether oxygens (including phenoxy) is 1. The number of esters is 1. The van der Waals surface area contributed by atoms with E-state index in [0.717, 1.165) is 5.56 Å². The summed E-state index contributed by atoms with van der Waals surface area (Å²) in [6, 6.07) is 25.2. The predicted octanol–water partition coefficient (Wildman–Crippen LogP) is 4.68. The van der Waals surface area contributed by atoms with Crippen LogP contribution in [0.3, 0.4) is 0 Å². The smallest absolute Gasteiger partial charge is 0.323 e. The molecule has 0 radical (unpaired) electrons. The Bertz CT molecular complexity index is 1140. The van der Waals surface area contributed by atoms with Crippen LogP contribution in [0.1, 0.15) is 28.8 Å². The summed E-state index contributed by atoms with van der Waals surface area (Å²) in [5, 5.41) is 5.51. The maximum Gasteiger partial charge on any atom is 0.323 e. The molecule has 3 aromatic rings. The standard InChI is InChI=1S/C27H27N3O4/c1-34-25(32)27(21-8-4-2-5-9-21)16-18-30(19-17-27)24(31)20-12-14-23(15-13-20)29-26(33)28-22-10-6-3-7-11-22/h2-15H,16-19H2,1H3,(H2,28,29,33). The van der Waals surface area contributed by atoms with Crippen LogP contribution in [0.15, 0.2) is 84.9 Å². The van der Waals surface area contributed by atoms with E-state index in [1.807, 2.05) is 48.5 Å². The number of piperidine rings is 1. The Morgan fingerprint density at radius 2 is 1.29 bits per heavy atom. The van der Waals surface area contributed by atoms with Gasteiger partial charge in [-0.05, 0) is 54.8 Å². The van der Waals surface area contributed by atoms with E-state index in [1.54, 1.807) is 41.3 Å². The van der Waals surface area contributed by atoms with Gasteiger partial charge in [-0.15, -0.1) is 0 Å². The summed E-state index contributed by atoms with van der Waals surface area (Å²) < 4.78 is 5.13. The first-order valence-electron chi connectivity index (χ1n) is 11.2. The average molecular weight is 458 g/mol. The number of hydrogen-bond donors (Lipinski definition) is 2. The van der Waals surface area contributed by atoms with Crippen molar-refractivity contribution in [1.82, 2.24) is 4.90 Å². The molecule has 0 atom stereocenters. The van der Waals surface area contributed by atoms with Crippen molar-refractivity contribution >= 4 is 29.3 Å². The fraction of sp³-hybridized carbons (Fsp3) is 0.222. The predicted molar refractivity (Wildman–Crippen MR) is 131 cm³/mol. The third-order valence-electron chi connectivity index (χ3n) is 6.23. The number of nitrogens with one attached hydrogen (secondary N) is 2. The lowest BCUT2D eigenvalue weighted by atomic mass is 9.72. The number of carbonyl (C=O) groups is 3. The summed E-state index contributed by atoms with van der Waals surface area (Å²) in [5.74, 6) is -0.373. The molecule has 1 aliphatic heterocycles. The number of rotatable bonds is 5. The van der Waals surface area contributed by atoms with Crippen molar-refractivity contribution in [1.29, 1.82) is 0 Å². The number of urea groups is 1. The number of anilines is 2. The first-order valence-corrected chi connectivity index (χ1v) is 11.2. The highest BCUT2D eigenvalue weighted by Gasteiger charge is 2.44. The second-order valence-corrected chi connectivity index (χ2v) is 8.25. The Balaban J connectivity index is 1.38. The van der Waals surface area contributed by atoms with Crippen LogP contribution in [-0.2, 0) is 14.9 Å². The lowest BCUT2D eigenvalue weighted by Crippen LogP contribution is -2.49. The highest BCUT2D eigenvalue weighted by Crippen LogP contribution is 2.37. The van der Waals surface area contributed by atoms with Crippen molar-refractivity contribution in [2.24, 2.45) is 0 Å². The summed E-state index contributed by atoms with van der Waals surface area (Å²) in [6.45, 7) is 0.893. The molecule has 174 valence electrons. The fourth-order valence-electron chi connectivity index (χ4n) is 4.35.